The van der Waals surface area contributed by atoms with Crippen molar-refractivity contribution in [3.63, 3.8) is 0 Å². The summed E-state index contributed by atoms with van der Waals surface area (Å²) < 4.78 is 5.28. The molecule has 23 heavy (non-hydrogen) atoms. The van der Waals surface area contributed by atoms with E-state index in [9.17, 15) is 9.90 Å². The third kappa shape index (κ3) is 2.54. The third-order valence-electron chi connectivity index (χ3n) is 4.83. The summed E-state index contributed by atoms with van der Waals surface area (Å²) >= 11 is 0. The van der Waals surface area contributed by atoms with Gasteiger partial charge in [-0.25, -0.2) is 0 Å². The van der Waals surface area contributed by atoms with E-state index in [1.807, 2.05) is 36.4 Å². The van der Waals surface area contributed by atoms with Crippen LogP contribution in [0, 0.1) is 5.92 Å². The molecular formula is C19H19NO3. The molecule has 4 heteroatoms. The lowest BCUT2D eigenvalue weighted by atomic mass is 9.97. The van der Waals surface area contributed by atoms with Crippen molar-refractivity contribution in [2.45, 2.75) is 18.1 Å². The fourth-order valence-corrected chi connectivity index (χ4v) is 3.63. The molecule has 2 aliphatic rings. The van der Waals surface area contributed by atoms with Gasteiger partial charge in [-0.1, -0.05) is 60.7 Å². The SMILES string of the molecule is O=C(O)[C@@H]1C(C2COC2)N1C(c1ccccc1)c1ccccc1. The maximum atomic E-state index is 11.7. The fraction of sp³-hybridized carbons (Fsp3) is 0.316. The molecular weight excluding hydrogens is 290 g/mol. The van der Waals surface area contributed by atoms with Crippen LogP contribution in [0.15, 0.2) is 60.7 Å². The number of hydrogen-bond acceptors (Lipinski definition) is 3. The Kier molecular flexibility index (Phi) is 3.63. The Bertz CT molecular complexity index is 645. The highest BCUT2D eigenvalue weighted by atomic mass is 16.5. The van der Waals surface area contributed by atoms with Crippen LogP contribution < -0.4 is 0 Å². The van der Waals surface area contributed by atoms with E-state index < -0.39 is 12.0 Å². The second-order valence-corrected chi connectivity index (χ2v) is 6.24. The van der Waals surface area contributed by atoms with Gasteiger partial charge >= 0.3 is 5.97 Å². The summed E-state index contributed by atoms with van der Waals surface area (Å²) in [4.78, 5) is 13.8. The van der Waals surface area contributed by atoms with Crippen LogP contribution in [-0.4, -0.2) is 41.3 Å². The van der Waals surface area contributed by atoms with Gasteiger partial charge in [-0.15, -0.1) is 0 Å². The van der Waals surface area contributed by atoms with Gasteiger partial charge in [0.05, 0.1) is 19.3 Å². The minimum absolute atomic E-state index is 0.0240. The van der Waals surface area contributed by atoms with Gasteiger partial charge in [-0.2, -0.15) is 0 Å². The number of carboxylic acids is 1. The van der Waals surface area contributed by atoms with Crippen molar-refractivity contribution >= 4 is 5.97 Å². The first kappa shape index (κ1) is 14.4. The van der Waals surface area contributed by atoms with E-state index in [2.05, 4.69) is 29.2 Å². The van der Waals surface area contributed by atoms with Gasteiger partial charge in [0.2, 0.25) is 0 Å². The van der Waals surface area contributed by atoms with Crippen LogP contribution in [0.25, 0.3) is 0 Å². The summed E-state index contributed by atoms with van der Waals surface area (Å²) in [6, 6.07) is 19.9. The number of benzene rings is 2. The zero-order chi connectivity index (χ0) is 15.8. The third-order valence-corrected chi connectivity index (χ3v) is 4.83. The topological polar surface area (TPSA) is 49.5 Å². The number of carbonyl (C=O) groups is 1. The van der Waals surface area contributed by atoms with E-state index in [-0.39, 0.29) is 12.1 Å². The highest BCUT2D eigenvalue weighted by molar-refractivity contribution is 5.78. The van der Waals surface area contributed by atoms with E-state index in [0.29, 0.717) is 19.1 Å². The van der Waals surface area contributed by atoms with Crippen LogP contribution in [0.3, 0.4) is 0 Å². The molecule has 0 bridgehead atoms. The number of ether oxygens (including phenoxy) is 1. The van der Waals surface area contributed by atoms with Crippen molar-refractivity contribution in [1.29, 1.82) is 0 Å². The maximum absolute atomic E-state index is 11.7. The minimum Gasteiger partial charge on any atom is -0.480 e. The van der Waals surface area contributed by atoms with Crippen LogP contribution in [0.1, 0.15) is 17.2 Å². The molecule has 118 valence electrons. The number of aliphatic carboxylic acids is 1. The van der Waals surface area contributed by atoms with E-state index >= 15 is 0 Å². The van der Waals surface area contributed by atoms with E-state index in [0.717, 1.165) is 11.1 Å². The van der Waals surface area contributed by atoms with Crippen LogP contribution in [-0.2, 0) is 9.53 Å². The highest BCUT2D eigenvalue weighted by Crippen LogP contribution is 2.47. The molecule has 0 saturated carbocycles. The summed E-state index contributed by atoms with van der Waals surface area (Å²) in [5.41, 5.74) is 2.26. The van der Waals surface area contributed by atoms with Crippen LogP contribution >= 0.6 is 0 Å². The molecule has 2 saturated heterocycles. The molecule has 4 nitrogen and oxygen atoms in total. The number of hydrogen-bond donors (Lipinski definition) is 1. The fourth-order valence-electron chi connectivity index (χ4n) is 3.63. The number of carboxylic acid groups (broad SMARTS) is 1. The molecule has 0 aliphatic carbocycles. The Hall–Kier alpha value is -2.17. The Morgan fingerprint density at radius 2 is 1.52 bits per heavy atom. The molecule has 1 N–H and O–H groups in total. The van der Waals surface area contributed by atoms with Crippen LogP contribution in [0.5, 0.6) is 0 Å². The largest absolute Gasteiger partial charge is 0.480 e. The van der Waals surface area contributed by atoms with Crippen LogP contribution in [0.2, 0.25) is 0 Å². The lowest BCUT2D eigenvalue weighted by Gasteiger charge is -2.28. The predicted molar refractivity (Wildman–Crippen MR) is 86.1 cm³/mol. The molecule has 0 spiro atoms. The normalized spacial score (nSPS) is 26.7. The average molecular weight is 309 g/mol. The molecule has 2 aromatic carbocycles. The maximum Gasteiger partial charge on any atom is 0.322 e. The Labute approximate surface area is 135 Å². The lowest BCUT2D eigenvalue weighted by Crippen LogP contribution is -2.35. The van der Waals surface area contributed by atoms with Gasteiger partial charge in [-0.05, 0) is 11.1 Å². The summed E-state index contributed by atoms with van der Waals surface area (Å²) in [7, 11) is 0. The second kappa shape index (κ2) is 5.80. The zero-order valence-corrected chi connectivity index (χ0v) is 12.7. The van der Waals surface area contributed by atoms with Crippen molar-refractivity contribution in [3.8, 4) is 0 Å². The predicted octanol–water partition coefficient (Wildman–Crippen LogP) is 2.56. The molecule has 4 rings (SSSR count). The number of nitrogens with zero attached hydrogens (tertiary/aromatic N) is 1. The first-order valence-corrected chi connectivity index (χ1v) is 7.95. The van der Waals surface area contributed by atoms with Crippen molar-refractivity contribution in [3.05, 3.63) is 71.8 Å². The molecule has 2 heterocycles. The van der Waals surface area contributed by atoms with Crippen molar-refractivity contribution < 1.29 is 14.6 Å². The first-order chi connectivity index (χ1) is 11.3. The Morgan fingerprint density at radius 1 is 1.00 bits per heavy atom. The molecule has 2 fully saturated rings. The second-order valence-electron chi connectivity index (χ2n) is 6.24. The molecule has 0 amide bonds. The standard InChI is InChI=1S/C19H19NO3/c21-19(22)18-17(15-11-23-12-15)20(18)16(13-7-3-1-4-8-13)14-9-5-2-6-10-14/h1-10,15-18H,11-12H2,(H,21,22)/t17?,18-,20?/m0/s1. The van der Waals surface area contributed by atoms with Gasteiger partial charge in [-0.3, -0.25) is 9.69 Å². The van der Waals surface area contributed by atoms with E-state index in [1.165, 1.54) is 0 Å². The monoisotopic (exact) mass is 309 g/mol. The molecule has 2 aromatic rings. The lowest BCUT2D eigenvalue weighted by molar-refractivity contribution is -0.137. The molecule has 0 aromatic heterocycles. The zero-order valence-electron chi connectivity index (χ0n) is 12.7. The van der Waals surface area contributed by atoms with Crippen molar-refractivity contribution in [2.75, 3.05) is 13.2 Å². The van der Waals surface area contributed by atoms with Gasteiger partial charge < -0.3 is 9.84 Å². The Morgan fingerprint density at radius 3 is 1.91 bits per heavy atom. The van der Waals surface area contributed by atoms with Gasteiger partial charge in [0, 0.05) is 12.0 Å². The highest BCUT2D eigenvalue weighted by Gasteiger charge is 2.60. The number of rotatable bonds is 5. The van der Waals surface area contributed by atoms with Crippen molar-refractivity contribution in [2.24, 2.45) is 5.92 Å². The summed E-state index contributed by atoms with van der Waals surface area (Å²) in [6.07, 6.45) is 0. The van der Waals surface area contributed by atoms with Gasteiger partial charge in [0.25, 0.3) is 0 Å². The molecule has 0 radical (unpaired) electrons. The van der Waals surface area contributed by atoms with E-state index in [4.69, 9.17) is 4.74 Å². The smallest absolute Gasteiger partial charge is 0.322 e. The van der Waals surface area contributed by atoms with Crippen molar-refractivity contribution in [1.82, 2.24) is 4.90 Å². The Balaban J connectivity index is 1.72. The molecule has 2 aliphatic heterocycles. The molecule has 3 atom stereocenters. The summed E-state index contributed by atoms with van der Waals surface area (Å²) in [5.74, 6) is -0.412. The summed E-state index contributed by atoms with van der Waals surface area (Å²) in [5, 5.41) is 9.62. The van der Waals surface area contributed by atoms with Gasteiger partial charge in [0.1, 0.15) is 6.04 Å². The van der Waals surface area contributed by atoms with Crippen LogP contribution in [0.4, 0.5) is 0 Å². The van der Waals surface area contributed by atoms with Gasteiger partial charge in [0.15, 0.2) is 0 Å². The van der Waals surface area contributed by atoms with E-state index in [1.54, 1.807) is 0 Å². The summed E-state index contributed by atoms with van der Waals surface area (Å²) in [6.45, 7) is 1.34. The molecule has 2 unspecified atom stereocenters. The first-order valence-electron chi connectivity index (χ1n) is 7.95. The quantitative estimate of drug-likeness (QED) is 0.863. The average Bonchev–Trinajstić information content (AvgIpc) is 3.23. The minimum atomic E-state index is -0.737.